The smallest absolute Gasteiger partial charge is 0.350 e. The molecule has 4 rings (SSSR count). The molecule has 0 radical (unpaired) electrons. The highest BCUT2D eigenvalue weighted by Crippen LogP contribution is 2.43. The number of aliphatic hydroxyl groups is 1. The van der Waals surface area contributed by atoms with E-state index in [4.69, 9.17) is 4.74 Å². The summed E-state index contributed by atoms with van der Waals surface area (Å²) >= 11 is 0.941. The number of carbonyl (C=O) groups excluding carboxylic acids is 3. The van der Waals surface area contributed by atoms with E-state index >= 15 is 0 Å². The van der Waals surface area contributed by atoms with Crippen LogP contribution in [-0.4, -0.2) is 39.3 Å². The largest absolute Gasteiger partial charge is 0.503 e. The molecule has 3 heterocycles. The third-order valence-corrected chi connectivity index (χ3v) is 6.35. The highest BCUT2D eigenvalue weighted by atomic mass is 32.1. The predicted molar refractivity (Wildman–Crippen MR) is 132 cm³/mol. The van der Waals surface area contributed by atoms with Gasteiger partial charge in [0.05, 0.1) is 17.3 Å². The monoisotopic (exact) mass is 487 g/mol. The molecule has 2 aromatic heterocycles. The summed E-state index contributed by atoms with van der Waals surface area (Å²) in [5.41, 5.74) is 1.56. The van der Waals surface area contributed by atoms with E-state index in [1.165, 1.54) is 23.2 Å². The summed E-state index contributed by atoms with van der Waals surface area (Å²) in [6.45, 7) is 5.17. The lowest BCUT2D eigenvalue weighted by molar-refractivity contribution is -0.117. The van der Waals surface area contributed by atoms with E-state index in [-0.39, 0.29) is 22.2 Å². The van der Waals surface area contributed by atoms with Crippen LogP contribution in [0.4, 0.5) is 5.13 Å². The Kier molecular flexibility index (Phi) is 6.98. The number of hydrogen-bond donors (Lipinski definition) is 1. The van der Waals surface area contributed by atoms with E-state index in [0.29, 0.717) is 11.3 Å². The van der Waals surface area contributed by atoms with E-state index in [0.717, 1.165) is 16.9 Å². The molecule has 1 aliphatic heterocycles. The number of allylic oxidation sites excluding steroid dienone is 1. The van der Waals surface area contributed by atoms with Crippen molar-refractivity contribution in [1.29, 1.82) is 0 Å². The van der Waals surface area contributed by atoms with Crippen molar-refractivity contribution >= 4 is 40.2 Å². The fourth-order valence-electron chi connectivity index (χ4n) is 3.61. The maximum Gasteiger partial charge on any atom is 0.350 e. The number of ketones is 1. The topological polar surface area (TPSA) is 110 Å². The number of benzene rings is 1. The number of rotatable bonds is 8. The Labute approximate surface area is 205 Å². The summed E-state index contributed by atoms with van der Waals surface area (Å²) in [5.74, 6) is -2.61. The molecule has 176 valence electrons. The lowest BCUT2D eigenvalue weighted by Gasteiger charge is -2.23. The molecule has 1 atom stereocenters. The van der Waals surface area contributed by atoms with Crippen molar-refractivity contribution in [3.8, 4) is 0 Å². The minimum Gasteiger partial charge on any atom is -0.503 e. The average Bonchev–Trinajstić information content (AvgIpc) is 3.39. The lowest BCUT2D eigenvalue weighted by Crippen LogP contribution is -2.30. The van der Waals surface area contributed by atoms with Gasteiger partial charge in [0.15, 0.2) is 16.7 Å². The molecule has 0 bridgehead atoms. The van der Waals surface area contributed by atoms with Gasteiger partial charge in [0.25, 0.3) is 5.91 Å². The van der Waals surface area contributed by atoms with Crippen molar-refractivity contribution in [2.75, 3.05) is 11.5 Å². The second-order valence-electron chi connectivity index (χ2n) is 7.53. The van der Waals surface area contributed by atoms with Crippen molar-refractivity contribution < 1.29 is 24.2 Å². The van der Waals surface area contributed by atoms with Gasteiger partial charge >= 0.3 is 5.97 Å². The molecule has 0 spiro atoms. The van der Waals surface area contributed by atoms with Crippen molar-refractivity contribution in [1.82, 2.24) is 9.97 Å². The number of esters is 1. The molecule has 3 aromatic rings. The second-order valence-corrected chi connectivity index (χ2v) is 8.51. The zero-order valence-electron chi connectivity index (χ0n) is 18.7. The Morgan fingerprint density at radius 2 is 2.00 bits per heavy atom. The minimum absolute atomic E-state index is 0.0290. The quantitative estimate of drug-likeness (QED) is 0.285. The van der Waals surface area contributed by atoms with E-state index < -0.39 is 29.5 Å². The van der Waals surface area contributed by atoms with Crippen molar-refractivity contribution in [2.24, 2.45) is 0 Å². The predicted octanol–water partition coefficient (Wildman–Crippen LogP) is 4.37. The summed E-state index contributed by atoms with van der Waals surface area (Å²) < 4.78 is 5.10. The first-order valence-corrected chi connectivity index (χ1v) is 11.4. The molecular formula is C26H21N3O5S. The van der Waals surface area contributed by atoms with Crippen LogP contribution in [0.2, 0.25) is 0 Å². The van der Waals surface area contributed by atoms with Gasteiger partial charge in [0, 0.05) is 12.4 Å². The van der Waals surface area contributed by atoms with E-state index in [9.17, 15) is 19.5 Å². The van der Waals surface area contributed by atoms with Gasteiger partial charge in [-0.05, 0) is 30.2 Å². The van der Waals surface area contributed by atoms with Crippen molar-refractivity contribution in [3.63, 3.8) is 0 Å². The van der Waals surface area contributed by atoms with Crippen LogP contribution in [-0.2, 0) is 14.3 Å². The highest BCUT2D eigenvalue weighted by Gasteiger charge is 2.45. The van der Waals surface area contributed by atoms with E-state index in [2.05, 4.69) is 16.5 Å². The number of hydrogen-bond acceptors (Lipinski definition) is 8. The Balaban J connectivity index is 1.75. The van der Waals surface area contributed by atoms with E-state index in [1.54, 1.807) is 31.3 Å². The number of aliphatic hydroxyl groups excluding tert-OH is 1. The van der Waals surface area contributed by atoms with Gasteiger partial charge in [-0.15, -0.1) is 0 Å². The summed E-state index contributed by atoms with van der Waals surface area (Å²) in [4.78, 5) is 48.7. The number of aromatic nitrogens is 2. The second kappa shape index (κ2) is 10.3. The first-order chi connectivity index (χ1) is 16.9. The molecule has 8 nitrogen and oxygen atoms in total. The molecule has 1 aromatic carbocycles. The number of aryl methyl sites for hydroxylation is 1. The summed E-state index contributed by atoms with van der Waals surface area (Å²) in [6.07, 6.45) is 7.44. The molecule has 35 heavy (non-hydrogen) atoms. The van der Waals surface area contributed by atoms with E-state index in [1.807, 2.05) is 30.3 Å². The van der Waals surface area contributed by atoms with Crippen LogP contribution < -0.4 is 4.90 Å². The van der Waals surface area contributed by atoms with Gasteiger partial charge in [-0.1, -0.05) is 66.5 Å². The summed E-state index contributed by atoms with van der Waals surface area (Å²) in [5, 5.41) is 10.9. The number of amides is 1. The highest BCUT2D eigenvalue weighted by molar-refractivity contribution is 7.17. The van der Waals surface area contributed by atoms with Crippen LogP contribution in [0.5, 0.6) is 0 Å². The zero-order valence-corrected chi connectivity index (χ0v) is 19.6. The minimum atomic E-state index is -0.980. The van der Waals surface area contributed by atoms with Gasteiger partial charge in [-0.3, -0.25) is 19.5 Å². The molecule has 0 aliphatic carbocycles. The fraction of sp³-hybridized carbons (Fsp3) is 0.115. The SMILES string of the molecule is C=CCOC(=O)c1sc(N2C(=O)C(O)=C(C(=O)/C=C/c3ccccc3)C2c2cccnc2)nc1C. The maximum atomic E-state index is 13.2. The zero-order chi connectivity index (χ0) is 24.9. The standard InChI is InChI=1S/C26H21N3O5S/c1-3-14-34-25(33)23-16(2)28-26(35-23)29-21(18-10-7-13-27-15-18)20(22(31)24(29)32)19(30)12-11-17-8-5-4-6-9-17/h3-13,15,21,31H,1,14H2,2H3/b12-11+. The molecule has 0 saturated heterocycles. The molecule has 1 amide bonds. The number of thiazole rings is 1. The van der Waals surface area contributed by atoms with Gasteiger partial charge in [-0.25, -0.2) is 9.78 Å². The Bertz CT molecular complexity index is 1350. The average molecular weight is 488 g/mol. The van der Waals surface area contributed by atoms with Crippen LogP contribution in [0.3, 0.4) is 0 Å². The Morgan fingerprint density at radius 3 is 2.69 bits per heavy atom. The lowest BCUT2D eigenvalue weighted by atomic mass is 9.97. The maximum absolute atomic E-state index is 13.2. The Morgan fingerprint density at radius 1 is 1.23 bits per heavy atom. The number of nitrogens with zero attached hydrogens (tertiary/aromatic N) is 3. The number of pyridine rings is 1. The first kappa shape index (κ1) is 23.8. The van der Waals surface area contributed by atoms with Crippen LogP contribution in [0.15, 0.2) is 84.9 Å². The van der Waals surface area contributed by atoms with Gasteiger partial charge in [0.1, 0.15) is 11.5 Å². The van der Waals surface area contributed by atoms with Gasteiger partial charge < -0.3 is 9.84 Å². The Hall–Kier alpha value is -4.37. The molecule has 1 unspecified atom stereocenters. The van der Waals surface area contributed by atoms with Crippen LogP contribution in [0.25, 0.3) is 6.08 Å². The number of ether oxygens (including phenoxy) is 1. The van der Waals surface area contributed by atoms with Crippen molar-refractivity contribution in [2.45, 2.75) is 13.0 Å². The number of anilines is 1. The third kappa shape index (κ3) is 4.80. The van der Waals surface area contributed by atoms with Gasteiger partial charge in [0.2, 0.25) is 0 Å². The van der Waals surface area contributed by atoms with Crippen LogP contribution >= 0.6 is 11.3 Å². The van der Waals surface area contributed by atoms with Gasteiger partial charge in [-0.2, -0.15) is 0 Å². The van der Waals surface area contributed by atoms with Crippen LogP contribution in [0.1, 0.15) is 32.5 Å². The summed E-state index contributed by atoms with van der Waals surface area (Å²) in [7, 11) is 0. The number of carbonyl (C=O) groups is 3. The molecular weight excluding hydrogens is 466 g/mol. The summed E-state index contributed by atoms with van der Waals surface area (Å²) in [6, 6.07) is 11.6. The van der Waals surface area contributed by atoms with Crippen molar-refractivity contribution in [3.05, 3.63) is 107 Å². The fourth-order valence-corrected chi connectivity index (χ4v) is 4.60. The molecule has 1 aliphatic rings. The molecule has 1 N–H and O–H groups in total. The molecule has 0 saturated carbocycles. The van der Waals surface area contributed by atoms with Crippen LogP contribution in [0, 0.1) is 6.92 Å². The first-order valence-electron chi connectivity index (χ1n) is 10.6. The third-order valence-electron chi connectivity index (χ3n) is 5.21. The molecule has 9 heteroatoms. The normalized spacial score (nSPS) is 15.6. The molecule has 0 fully saturated rings.